The lowest BCUT2D eigenvalue weighted by Crippen LogP contribution is -2.41. The van der Waals surface area contributed by atoms with Crippen LogP contribution in [0.4, 0.5) is 4.79 Å². The van der Waals surface area contributed by atoms with E-state index in [4.69, 9.17) is 16.3 Å². The van der Waals surface area contributed by atoms with Gasteiger partial charge in [-0.1, -0.05) is 17.7 Å². The number of benzene rings is 1. The maximum absolute atomic E-state index is 12.1. The van der Waals surface area contributed by atoms with E-state index in [1.807, 2.05) is 43.9 Å². The highest BCUT2D eigenvalue weighted by Crippen LogP contribution is 2.25. The summed E-state index contributed by atoms with van der Waals surface area (Å²) < 4.78 is 5.45. The molecule has 1 aromatic carbocycles. The molecule has 1 aliphatic rings. The minimum absolute atomic E-state index is 0.0757. The molecule has 0 aromatic heterocycles. The zero-order chi connectivity index (χ0) is 20.9. The SMILES string of the molecule is CN(C)C(=O)c1ccc(CCCC2CCN(C(=O)OC(C)(C)C)CC2)cc1Cl. The smallest absolute Gasteiger partial charge is 0.410 e. The van der Waals surface area contributed by atoms with Crippen molar-refractivity contribution in [1.29, 1.82) is 0 Å². The Morgan fingerprint density at radius 2 is 1.86 bits per heavy atom. The van der Waals surface area contributed by atoms with Crippen LogP contribution < -0.4 is 0 Å². The molecule has 1 aliphatic heterocycles. The van der Waals surface area contributed by atoms with E-state index in [1.54, 1.807) is 14.1 Å². The lowest BCUT2D eigenvalue weighted by atomic mass is 9.91. The summed E-state index contributed by atoms with van der Waals surface area (Å²) >= 11 is 6.29. The summed E-state index contributed by atoms with van der Waals surface area (Å²) in [4.78, 5) is 27.5. The average molecular weight is 409 g/mol. The van der Waals surface area contributed by atoms with Gasteiger partial charge in [-0.2, -0.15) is 0 Å². The Morgan fingerprint density at radius 3 is 2.39 bits per heavy atom. The molecule has 0 radical (unpaired) electrons. The van der Waals surface area contributed by atoms with Crippen molar-refractivity contribution in [1.82, 2.24) is 9.80 Å². The van der Waals surface area contributed by atoms with Crippen LogP contribution >= 0.6 is 11.6 Å². The molecule has 1 heterocycles. The summed E-state index contributed by atoms with van der Waals surface area (Å²) in [5.74, 6) is 0.567. The highest BCUT2D eigenvalue weighted by Gasteiger charge is 2.26. The van der Waals surface area contributed by atoms with Crippen molar-refractivity contribution >= 4 is 23.6 Å². The van der Waals surface area contributed by atoms with Gasteiger partial charge in [0.05, 0.1) is 10.6 Å². The fourth-order valence-corrected chi connectivity index (χ4v) is 3.74. The molecule has 0 unspecified atom stereocenters. The van der Waals surface area contributed by atoms with Crippen LogP contribution in [0.2, 0.25) is 5.02 Å². The number of likely N-dealkylation sites (tertiary alicyclic amines) is 1. The first-order valence-corrected chi connectivity index (χ1v) is 10.4. The predicted molar refractivity (Wildman–Crippen MR) is 113 cm³/mol. The lowest BCUT2D eigenvalue weighted by molar-refractivity contribution is 0.0180. The van der Waals surface area contributed by atoms with Crippen molar-refractivity contribution in [3.63, 3.8) is 0 Å². The maximum Gasteiger partial charge on any atom is 0.410 e. The molecule has 1 aromatic rings. The molecule has 0 saturated carbocycles. The zero-order valence-corrected chi connectivity index (χ0v) is 18.5. The zero-order valence-electron chi connectivity index (χ0n) is 17.8. The molecule has 5 nitrogen and oxygen atoms in total. The summed E-state index contributed by atoms with van der Waals surface area (Å²) in [7, 11) is 3.45. The van der Waals surface area contributed by atoms with Crippen molar-refractivity contribution in [2.24, 2.45) is 5.92 Å². The Kier molecular flexibility index (Phi) is 7.76. The van der Waals surface area contributed by atoms with E-state index in [2.05, 4.69) is 0 Å². The Labute approximate surface area is 174 Å². The Balaban J connectivity index is 1.75. The first-order valence-electron chi connectivity index (χ1n) is 10.0. The molecule has 0 N–H and O–H groups in total. The van der Waals surface area contributed by atoms with Crippen molar-refractivity contribution in [2.75, 3.05) is 27.2 Å². The number of hydrogen-bond acceptors (Lipinski definition) is 3. The van der Waals surface area contributed by atoms with Gasteiger partial charge in [0.25, 0.3) is 5.91 Å². The number of amides is 2. The normalized spacial score (nSPS) is 15.4. The third kappa shape index (κ3) is 6.69. The average Bonchev–Trinajstić information content (AvgIpc) is 2.60. The number of piperidine rings is 1. The van der Waals surface area contributed by atoms with E-state index in [0.29, 0.717) is 16.5 Å². The van der Waals surface area contributed by atoms with Gasteiger partial charge in [0.2, 0.25) is 0 Å². The Bertz CT molecular complexity index is 690. The molecular weight excluding hydrogens is 376 g/mol. The van der Waals surface area contributed by atoms with E-state index in [-0.39, 0.29) is 12.0 Å². The Morgan fingerprint density at radius 1 is 1.21 bits per heavy atom. The van der Waals surface area contributed by atoms with Gasteiger partial charge in [-0.05, 0) is 76.5 Å². The van der Waals surface area contributed by atoms with Gasteiger partial charge in [-0.15, -0.1) is 0 Å². The third-order valence-corrected chi connectivity index (χ3v) is 5.33. The van der Waals surface area contributed by atoms with Crippen molar-refractivity contribution in [3.05, 3.63) is 34.3 Å². The van der Waals surface area contributed by atoms with Gasteiger partial charge in [-0.3, -0.25) is 4.79 Å². The molecule has 28 heavy (non-hydrogen) atoms. The molecule has 0 aliphatic carbocycles. The van der Waals surface area contributed by atoms with Crippen molar-refractivity contribution < 1.29 is 14.3 Å². The number of aryl methyl sites for hydroxylation is 1. The van der Waals surface area contributed by atoms with Gasteiger partial charge in [0.15, 0.2) is 0 Å². The number of carbonyl (C=O) groups excluding carboxylic acids is 2. The second-order valence-electron chi connectivity index (χ2n) is 8.82. The summed E-state index contributed by atoms with van der Waals surface area (Å²) in [5, 5.41) is 0.516. The summed E-state index contributed by atoms with van der Waals surface area (Å²) in [6.45, 7) is 7.23. The van der Waals surface area contributed by atoms with Crippen LogP contribution in [0.1, 0.15) is 62.4 Å². The molecule has 0 bridgehead atoms. The third-order valence-electron chi connectivity index (χ3n) is 5.01. The number of rotatable bonds is 5. The van der Waals surface area contributed by atoms with E-state index in [9.17, 15) is 9.59 Å². The van der Waals surface area contributed by atoms with Gasteiger partial charge < -0.3 is 14.5 Å². The summed E-state index contributed by atoms with van der Waals surface area (Å²) in [6.07, 6.45) is 5.01. The first-order chi connectivity index (χ1) is 13.1. The first kappa shape index (κ1) is 22.5. The topological polar surface area (TPSA) is 49.9 Å². The van der Waals surface area contributed by atoms with Gasteiger partial charge in [0, 0.05) is 27.2 Å². The molecule has 2 amide bonds. The molecule has 0 spiro atoms. The number of ether oxygens (including phenoxy) is 1. The van der Waals surface area contributed by atoms with Gasteiger partial charge >= 0.3 is 6.09 Å². The second kappa shape index (κ2) is 9.64. The number of nitrogens with zero attached hydrogens (tertiary/aromatic N) is 2. The van der Waals surface area contributed by atoms with Crippen LogP contribution in [-0.4, -0.2) is 54.6 Å². The highest BCUT2D eigenvalue weighted by molar-refractivity contribution is 6.33. The fourth-order valence-electron chi connectivity index (χ4n) is 3.45. The molecule has 0 atom stereocenters. The monoisotopic (exact) mass is 408 g/mol. The van der Waals surface area contributed by atoms with Crippen LogP contribution in [0.15, 0.2) is 18.2 Å². The van der Waals surface area contributed by atoms with Crippen LogP contribution in [0, 0.1) is 5.92 Å². The van der Waals surface area contributed by atoms with Crippen molar-refractivity contribution in [3.8, 4) is 0 Å². The number of halogens is 1. The fraction of sp³-hybridized carbons (Fsp3) is 0.636. The summed E-state index contributed by atoms with van der Waals surface area (Å²) in [6, 6.07) is 5.72. The van der Waals surface area contributed by atoms with Crippen LogP contribution in [-0.2, 0) is 11.2 Å². The standard InChI is InChI=1S/C22H33ClN2O3/c1-22(2,3)28-21(27)25-13-11-16(12-14-25)7-6-8-17-9-10-18(19(23)15-17)20(26)24(4)5/h9-10,15-16H,6-8,11-14H2,1-5H3. The molecule has 6 heteroatoms. The molecular formula is C22H33ClN2O3. The number of carbonyl (C=O) groups is 2. The Hall–Kier alpha value is -1.75. The van der Waals surface area contributed by atoms with Crippen molar-refractivity contribution in [2.45, 2.75) is 58.5 Å². The number of hydrogen-bond donors (Lipinski definition) is 0. The van der Waals surface area contributed by atoms with E-state index < -0.39 is 5.60 Å². The van der Waals surface area contributed by atoms with Gasteiger partial charge in [-0.25, -0.2) is 4.79 Å². The van der Waals surface area contributed by atoms with Gasteiger partial charge in [0.1, 0.15) is 5.60 Å². The molecule has 1 saturated heterocycles. The highest BCUT2D eigenvalue weighted by atomic mass is 35.5. The van der Waals surface area contributed by atoms with E-state index in [1.165, 1.54) is 4.90 Å². The lowest BCUT2D eigenvalue weighted by Gasteiger charge is -2.33. The second-order valence-corrected chi connectivity index (χ2v) is 9.22. The minimum atomic E-state index is -0.443. The van der Waals surface area contributed by atoms with Crippen LogP contribution in [0.5, 0.6) is 0 Å². The maximum atomic E-state index is 12.1. The largest absolute Gasteiger partial charge is 0.444 e. The van der Waals surface area contributed by atoms with E-state index >= 15 is 0 Å². The molecule has 156 valence electrons. The quantitative estimate of drug-likeness (QED) is 0.687. The minimum Gasteiger partial charge on any atom is -0.444 e. The van der Waals surface area contributed by atoms with Crippen LogP contribution in [0.3, 0.4) is 0 Å². The molecule has 1 fully saturated rings. The summed E-state index contributed by atoms with van der Waals surface area (Å²) in [5.41, 5.74) is 1.26. The van der Waals surface area contributed by atoms with E-state index in [0.717, 1.165) is 50.8 Å². The molecule has 2 rings (SSSR count). The predicted octanol–water partition coefficient (Wildman–Crippen LogP) is 5.01. The van der Waals surface area contributed by atoms with Crippen LogP contribution in [0.25, 0.3) is 0 Å².